The van der Waals surface area contributed by atoms with Crippen molar-refractivity contribution in [3.63, 3.8) is 0 Å². The number of benzene rings is 4. The van der Waals surface area contributed by atoms with Crippen LogP contribution in [-0.2, 0) is 32.6 Å². The van der Waals surface area contributed by atoms with Crippen LogP contribution in [0.5, 0.6) is 0 Å². The molecule has 1 aliphatic rings. The van der Waals surface area contributed by atoms with Gasteiger partial charge in [0.15, 0.2) is 0 Å². The summed E-state index contributed by atoms with van der Waals surface area (Å²) in [6, 6.07) is 27.8. The Morgan fingerprint density at radius 2 is 1.60 bits per heavy atom. The summed E-state index contributed by atoms with van der Waals surface area (Å²) in [5.41, 5.74) is 3.61. The molecule has 1 N–H and O–H groups in total. The molecule has 0 saturated heterocycles. The zero-order chi connectivity index (χ0) is 30.6. The maximum atomic E-state index is 14.0. The van der Waals surface area contributed by atoms with E-state index in [-0.39, 0.29) is 37.4 Å². The van der Waals surface area contributed by atoms with Crippen LogP contribution >= 0.6 is 0 Å². The number of amides is 2. The van der Waals surface area contributed by atoms with E-state index in [1.54, 1.807) is 17.0 Å². The van der Waals surface area contributed by atoms with E-state index in [0.717, 1.165) is 33.9 Å². The molecule has 0 bridgehead atoms. The molecule has 224 valence electrons. The summed E-state index contributed by atoms with van der Waals surface area (Å²) < 4.78 is 28.3. The van der Waals surface area contributed by atoms with Crippen molar-refractivity contribution in [2.24, 2.45) is 0 Å². The van der Waals surface area contributed by atoms with Crippen molar-refractivity contribution >= 4 is 38.3 Å². The monoisotopic (exact) mass is 597 g/mol. The van der Waals surface area contributed by atoms with E-state index in [4.69, 9.17) is 0 Å². The van der Waals surface area contributed by atoms with Crippen LogP contribution in [0.25, 0.3) is 10.8 Å². The fourth-order valence-corrected chi connectivity index (χ4v) is 7.47. The van der Waals surface area contributed by atoms with Gasteiger partial charge in [0.05, 0.1) is 10.6 Å². The molecular weight excluding hydrogens is 558 g/mol. The molecule has 0 fully saturated rings. The topological polar surface area (TPSA) is 86.8 Å². The van der Waals surface area contributed by atoms with E-state index in [1.165, 1.54) is 4.31 Å². The smallest absolute Gasteiger partial charge is 0.265 e. The van der Waals surface area contributed by atoms with E-state index in [2.05, 4.69) is 5.32 Å². The quantitative estimate of drug-likeness (QED) is 0.217. The second kappa shape index (κ2) is 13.0. The van der Waals surface area contributed by atoms with Crippen molar-refractivity contribution in [1.29, 1.82) is 0 Å². The first-order valence-corrected chi connectivity index (χ1v) is 16.4. The third-order valence-corrected chi connectivity index (χ3v) is 10.00. The van der Waals surface area contributed by atoms with E-state index >= 15 is 0 Å². The molecule has 43 heavy (non-hydrogen) atoms. The highest BCUT2D eigenvalue weighted by Gasteiger charge is 2.36. The van der Waals surface area contributed by atoms with Crippen molar-refractivity contribution in [3.05, 3.63) is 108 Å². The van der Waals surface area contributed by atoms with Gasteiger partial charge in [0.25, 0.3) is 10.0 Å². The summed E-state index contributed by atoms with van der Waals surface area (Å²) in [7, 11) is -3.71. The first kappa shape index (κ1) is 30.3. The van der Waals surface area contributed by atoms with Gasteiger partial charge in [-0.15, -0.1) is 0 Å². The van der Waals surface area contributed by atoms with Gasteiger partial charge >= 0.3 is 0 Å². The van der Waals surface area contributed by atoms with Gasteiger partial charge in [-0.1, -0.05) is 91.3 Å². The van der Waals surface area contributed by atoms with E-state index < -0.39 is 16.1 Å². The van der Waals surface area contributed by atoms with Crippen LogP contribution in [0, 0.1) is 6.92 Å². The molecule has 1 heterocycles. The highest BCUT2D eigenvalue weighted by molar-refractivity contribution is 7.93. The lowest BCUT2D eigenvalue weighted by atomic mass is 10.0. The molecule has 4 aromatic carbocycles. The van der Waals surface area contributed by atoms with Gasteiger partial charge in [-0.3, -0.25) is 13.9 Å². The van der Waals surface area contributed by atoms with E-state index in [9.17, 15) is 18.0 Å². The molecule has 0 radical (unpaired) electrons. The van der Waals surface area contributed by atoms with Crippen LogP contribution in [-0.4, -0.2) is 43.8 Å². The molecule has 0 saturated carbocycles. The number of nitrogens with one attached hydrogen (secondary N) is 1. The Hall–Kier alpha value is -4.17. The van der Waals surface area contributed by atoms with Crippen molar-refractivity contribution in [1.82, 2.24) is 10.2 Å². The minimum Gasteiger partial charge on any atom is -0.352 e. The summed E-state index contributed by atoms with van der Waals surface area (Å²) in [4.78, 5) is 29.8. The van der Waals surface area contributed by atoms with Gasteiger partial charge in [-0.2, -0.15) is 0 Å². The molecule has 7 nitrogen and oxygen atoms in total. The number of carbonyl (C=O) groups excluding carboxylic acids is 2. The van der Waals surface area contributed by atoms with E-state index in [0.29, 0.717) is 23.4 Å². The fourth-order valence-electron chi connectivity index (χ4n) is 5.72. The molecule has 0 aliphatic carbocycles. The maximum Gasteiger partial charge on any atom is 0.265 e. The molecular formula is C35H39N3O4S. The molecule has 0 unspecified atom stereocenters. The SMILES string of the molecule is CC[C@@H](C)NC(=O)[C@@H](Cc1ccccc1)N(Cc1cccc(C)c1)C(=O)CCCN1c2cccc3cccc(c23)S1(=O)=O. The number of anilines is 1. The van der Waals surface area contributed by atoms with E-state index in [1.807, 2.05) is 99.6 Å². The predicted molar refractivity (Wildman–Crippen MR) is 171 cm³/mol. The Morgan fingerprint density at radius 1 is 0.907 bits per heavy atom. The van der Waals surface area contributed by atoms with Gasteiger partial charge in [0, 0.05) is 37.4 Å². The Bertz CT molecular complexity index is 1720. The Kier molecular flexibility index (Phi) is 9.16. The number of sulfonamides is 1. The van der Waals surface area contributed by atoms with Crippen LogP contribution in [0.15, 0.2) is 95.9 Å². The maximum absolute atomic E-state index is 14.0. The fraction of sp³-hybridized carbons (Fsp3) is 0.314. The van der Waals surface area contributed by atoms with Gasteiger partial charge in [-0.25, -0.2) is 8.42 Å². The average molecular weight is 598 g/mol. The number of hydrogen-bond donors (Lipinski definition) is 1. The minimum atomic E-state index is -3.71. The van der Waals surface area contributed by atoms with Gasteiger partial charge in [0.1, 0.15) is 6.04 Å². The first-order chi connectivity index (χ1) is 20.7. The molecule has 2 amide bonds. The predicted octanol–water partition coefficient (Wildman–Crippen LogP) is 5.99. The second-order valence-corrected chi connectivity index (χ2v) is 13.2. The van der Waals surface area contributed by atoms with Crippen LogP contribution in [0.1, 0.15) is 49.8 Å². The highest BCUT2D eigenvalue weighted by atomic mass is 32.2. The number of aryl methyl sites for hydroxylation is 1. The molecule has 5 rings (SSSR count). The summed E-state index contributed by atoms with van der Waals surface area (Å²) in [5, 5.41) is 4.69. The standard InChI is InChI=1S/C35H39N3O4S/c1-4-26(3)36-35(40)31(23-27-13-6-5-7-14-27)37(24-28-15-8-12-25(2)22-28)33(39)20-11-21-38-30-18-9-16-29-17-10-19-32(34(29)30)43(38,41)42/h5-10,12-19,22,26,31H,4,11,20-21,23-24H2,1-3H3,(H,36,40)/t26-,31-/m1/s1. The van der Waals surface area contributed by atoms with Crippen LogP contribution in [0.3, 0.4) is 0 Å². The lowest BCUT2D eigenvalue weighted by Crippen LogP contribution is -2.52. The largest absolute Gasteiger partial charge is 0.352 e. The zero-order valence-corrected chi connectivity index (χ0v) is 25.8. The Labute approximate surface area is 254 Å². The number of rotatable bonds is 12. The van der Waals surface area contributed by atoms with Gasteiger partial charge in [0.2, 0.25) is 11.8 Å². The normalized spacial score (nSPS) is 14.8. The molecule has 8 heteroatoms. The van der Waals surface area contributed by atoms with Crippen LogP contribution < -0.4 is 9.62 Å². The number of nitrogens with zero attached hydrogens (tertiary/aromatic N) is 2. The molecule has 4 aromatic rings. The summed E-state index contributed by atoms with van der Waals surface area (Å²) in [6.45, 7) is 6.42. The van der Waals surface area contributed by atoms with Gasteiger partial charge < -0.3 is 10.2 Å². The zero-order valence-electron chi connectivity index (χ0n) is 25.0. The van der Waals surface area contributed by atoms with Crippen LogP contribution in [0.4, 0.5) is 5.69 Å². The molecule has 2 atom stereocenters. The average Bonchev–Trinajstić information content (AvgIpc) is 3.22. The molecule has 0 spiro atoms. The van der Waals surface area contributed by atoms with Crippen molar-refractivity contribution in [2.75, 3.05) is 10.8 Å². The Balaban J connectivity index is 1.40. The molecule has 0 aromatic heterocycles. The first-order valence-electron chi connectivity index (χ1n) is 14.9. The van der Waals surface area contributed by atoms with Crippen molar-refractivity contribution in [3.8, 4) is 0 Å². The highest BCUT2D eigenvalue weighted by Crippen LogP contribution is 2.42. The second-order valence-electron chi connectivity index (χ2n) is 11.3. The third-order valence-electron chi connectivity index (χ3n) is 8.14. The number of carbonyl (C=O) groups is 2. The summed E-state index contributed by atoms with van der Waals surface area (Å²) >= 11 is 0. The van der Waals surface area contributed by atoms with Crippen LogP contribution in [0.2, 0.25) is 0 Å². The lowest BCUT2D eigenvalue weighted by Gasteiger charge is -2.32. The third kappa shape index (κ3) is 6.59. The lowest BCUT2D eigenvalue weighted by molar-refractivity contribution is -0.141. The number of hydrogen-bond acceptors (Lipinski definition) is 4. The molecule has 1 aliphatic heterocycles. The van der Waals surface area contributed by atoms with Gasteiger partial charge in [-0.05, 0) is 55.3 Å². The Morgan fingerprint density at radius 3 is 2.33 bits per heavy atom. The summed E-state index contributed by atoms with van der Waals surface area (Å²) in [6.07, 6.45) is 1.57. The summed E-state index contributed by atoms with van der Waals surface area (Å²) in [5.74, 6) is -0.377. The van der Waals surface area contributed by atoms with Crippen molar-refractivity contribution in [2.45, 2.75) is 70.0 Å². The minimum absolute atomic E-state index is 0.0357. The van der Waals surface area contributed by atoms with Crippen molar-refractivity contribution < 1.29 is 18.0 Å².